The summed E-state index contributed by atoms with van der Waals surface area (Å²) < 4.78 is 24.0. The Bertz CT molecular complexity index is 720. The van der Waals surface area contributed by atoms with Crippen molar-refractivity contribution in [2.75, 3.05) is 25.2 Å². The third-order valence-corrected chi connectivity index (χ3v) is 11.9. The first-order chi connectivity index (χ1) is 14.6. The fourth-order valence-electron chi connectivity index (χ4n) is 9.48. The van der Waals surface area contributed by atoms with E-state index in [9.17, 15) is 9.32 Å². The summed E-state index contributed by atoms with van der Waals surface area (Å²) in [5, 5.41) is 11.3. The van der Waals surface area contributed by atoms with E-state index >= 15 is 0 Å². The molecule has 4 saturated carbocycles. The van der Waals surface area contributed by atoms with Crippen LogP contribution < -0.4 is 0 Å². The molecule has 4 nitrogen and oxygen atoms in total. The van der Waals surface area contributed by atoms with E-state index in [0.29, 0.717) is 34.8 Å². The van der Waals surface area contributed by atoms with E-state index < -0.39 is 16.4 Å². The molecule has 5 fully saturated rings. The standard InChI is InChI=1S/C26H44O4S/c1-23-11-12-26(27,13-16-31(4)28)17-18(23)5-6-19-20-7-8-22(25(3)29-14-15-30-25)24(20,2)10-9-21(19)23/h18-22,27H,5-17H2,1-4H3/t18-,19-,20-,21-,22-,23-,24-,26-,31?/m0/s1. The van der Waals surface area contributed by atoms with Crippen LogP contribution in [0.1, 0.15) is 85.0 Å². The number of aliphatic hydroxyl groups is 1. The van der Waals surface area contributed by atoms with Crippen LogP contribution >= 0.6 is 0 Å². The van der Waals surface area contributed by atoms with Crippen molar-refractivity contribution >= 4 is 10.8 Å². The van der Waals surface area contributed by atoms with Crippen LogP contribution in [0, 0.1) is 40.4 Å². The molecule has 178 valence electrons. The molecule has 1 saturated heterocycles. The van der Waals surface area contributed by atoms with Crippen molar-refractivity contribution in [2.45, 2.75) is 96.4 Å². The molecular formula is C26H44O4S. The Morgan fingerprint density at radius 2 is 1.61 bits per heavy atom. The molecule has 4 aliphatic carbocycles. The Labute approximate surface area is 191 Å². The molecule has 0 spiro atoms. The normalized spacial score (nSPS) is 52.2. The van der Waals surface area contributed by atoms with Crippen molar-refractivity contribution in [3.8, 4) is 0 Å². The summed E-state index contributed by atoms with van der Waals surface area (Å²) in [6, 6.07) is 0. The first kappa shape index (κ1) is 22.8. The Morgan fingerprint density at radius 1 is 0.903 bits per heavy atom. The van der Waals surface area contributed by atoms with Gasteiger partial charge in [0.25, 0.3) is 0 Å². The molecule has 1 unspecified atom stereocenters. The average Bonchev–Trinajstić information content (AvgIpc) is 3.31. The second-order valence-corrected chi connectivity index (χ2v) is 14.1. The number of ether oxygens (including phenoxy) is 2. The number of rotatable bonds is 4. The van der Waals surface area contributed by atoms with Crippen LogP contribution in [0.4, 0.5) is 0 Å². The minimum atomic E-state index is -0.816. The van der Waals surface area contributed by atoms with Crippen LogP contribution in [-0.4, -0.2) is 45.9 Å². The lowest BCUT2D eigenvalue weighted by Gasteiger charge is -2.62. The van der Waals surface area contributed by atoms with Crippen molar-refractivity contribution in [3.05, 3.63) is 0 Å². The van der Waals surface area contributed by atoms with Gasteiger partial charge in [-0.15, -0.1) is 0 Å². The van der Waals surface area contributed by atoms with Crippen LogP contribution in [0.15, 0.2) is 0 Å². The summed E-state index contributed by atoms with van der Waals surface area (Å²) in [4.78, 5) is 0. The highest BCUT2D eigenvalue weighted by Crippen LogP contribution is 2.69. The fraction of sp³-hybridized carbons (Fsp3) is 1.00. The zero-order chi connectivity index (χ0) is 22.1. The molecule has 5 aliphatic rings. The quantitative estimate of drug-likeness (QED) is 0.659. The largest absolute Gasteiger partial charge is 0.390 e. The molecule has 9 atom stereocenters. The third kappa shape index (κ3) is 3.59. The zero-order valence-corrected chi connectivity index (χ0v) is 21.0. The van der Waals surface area contributed by atoms with Gasteiger partial charge in [-0.1, -0.05) is 13.8 Å². The molecule has 0 bridgehead atoms. The maximum absolute atomic E-state index is 11.6. The van der Waals surface area contributed by atoms with Crippen LogP contribution in [0.5, 0.6) is 0 Å². The van der Waals surface area contributed by atoms with E-state index in [1.54, 1.807) is 6.26 Å². The number of fused-ring (bicyclic) bond motifs is 5. The van der Waals surface area contributed by atoms with Crippen molar-refractivity contribution < 1.29 is 18.8 Å². The van der Waals surface area contributed by atoms with Gasteiger partial charge >= 0.3 is 0 Å². The van der Waals surface area contributed by atoms with Gasteiger partial charge in [0, 0.05) is 28.7 Å². The lowest BCUT2D eigenvalue weighted by molar-refractivity contribution is -0.220. The van der Waals surface area contributed by atoms with Gasteiger partial charge in [-0.05, 0) is 106 Å². The summed E-state index contributed by atoms with van der Waals surface area (Å²) in [6.45, 7) is 8.81. The molecule has 0 aromatic heterocycles. The van der Waals surface area contributed by atoms with Crippen LogP contribution in [0.25, 0.3) is 0 Å². The first-order valence-electron chi connectivity index (χ1n) is 12.9. The van der Waals surface area contributed by atoms with Gasteiger partial charge in [0.2, 0.25) is 0 Å². The second-order valence-electron chi connectivity index (χ2n) is 12.5. The maximum Gasteiger partial charge on any atom is 0.169 e. The van der Waals surface area contributed by atoms with E-state index in [4.69, 9.17) is 9.47 Å². The topological polar surface area (TPSA) is 55.8 Å². The SMILES string of the molecule is CS(=O)CC[C@@]1(O)CC[C@@]2(C)[C@@H](CC[C@@H]3[C@@H]2CC[C@]2(C)[C@@H](C4(C)OCCO4)CC[C@@H]32)C1. The first-order valence-corrected chi connectivity index (χ1v) is 14.6. The average molecular weight is 453 g/mol. The molecule has 0 aromatic rings. The summed E-state index contributed by atoms with van der Waals surface area (Å²) in [5.41, 5.74) is 0.115. The van der Waals surface area contributed by atoms with Gasteiger partial charge in [0.1, 0.15) is 0 Å². The summed E-state index contributed by atoms with van der Waals surface area (Å²) in [6.07, 6.45) is 13.2. The molecule has 5 heteroatoms. The smallest absolute Gasteiger partial charge is 0.169 e. The monoisotopic (exact) mass is 452 g/mol. The fourth-order valence-corrected chi connectivity index (χ4v) is 10.1. The molecule has 5 rings (SSSR count). The van der Waals surface area contributed by atoms with Crippen molar-refractivity contribution in [2.24, 2.45) is 40.4 Å². The predicted octanol–water partition coefficient (Wildman–Crippen LogP) is 4.91. The maximum atomic E-state index is 11.6. The molecule has 0 aromatic carbocycles. The Morgan fingerprint density at radius 3 is 2.32 bits per heavy atom. The van der Waals surface area contributed by atoms with E-state index in [2.05, 4.69) is 20.8 Å². The van der Waals surface area contributed by atoms with Gasteiger partial charge in [0.05, 0.1) is 18.8 Å². The van der Waals surface area contributed by atoms with Crippen molar-refractivity contribution in [3.63, 3.8) is 0 Å². The highest BCUT2D eigenvalue weighted by Gasteiger charge is 2.64. The zero-order valence-electron chi connectivity index (χ0n) is 20.2. The molecule has 0 radical (unpaired) electrons. The molecular weight excluding hydrogens is 408 g/mol. The second kappa shape index (κ2) is 7.78. The van der Waals surface area contributed by atoms with Gasteiger partial charge < -0.3 is 14.6 Å². The predicted molar refractivity (Wildman–Crippen MR) is 124 cm³/mol. The summed E-state index contributed by atoms with van der Waals surface area (Å²) >= 11 is 0. The van der Waals surface area contributed by atoms with Gasteiger partial charge in [-0.25, -0.2) is 0 Å². The third-order valence-electron chi connectivity index (χ3n) is 11.2. The van der Waals surface area contributed by atoms with E-state index in [-0.39, 0.29) is 5.79 Å². The minimum Gasteiger partial charge on any atom is -0.390 e. The van der Waals surface area contributed by atoms with E-state index in [0.717, 1.165) is 50.2 Å². The summed E-state index contributed by atoms with van der Waals surface area (Å²) in [5.74, 6) is 3.82. The molecule has 1 aliphatic heterocycles. The van der Waals surface area contributed by atoms with Crippen molar-refractivity contribution in [1.29, 1.82) is 0 Å². The highest BCUT2D eigenvalue weighted by molar-refractivity contribution is 7.84. The van der Waals surface area contributed by atoms with Crippen molar-refractivity contribution in [1.82, 2.24) is 0 Å². The van der Waals surface area contributed by atoms with Gasteiger partial charge in [-0.2, -0.15) is 0 Å². The lowest BCUT2D eigenvalue weighted by atomic mass is 9.43. The minimum absolute atomic E-state index is 0.337. The molecule has 31 heavy (non-hydrogen) atoms. The van der Waals surface area contributed by atoms with E-state index in [1.165, 1.54) is 38.5 Å². The van der Waals surface area contributed by atoms with Crippen LogP contribution in [-0.2, 0) is 20.3 Å². The van der Waals surface area contributed by atoms with Gasteiger partial charge in [0.15, 0.2) is 5.79 Å². The molecule has 1 N–H and O–H groups in total. The highest BCUT2D eigenvalue weighted by atomic mass is 32.2. The number of hydrogen-bond donors (Lipinski definition) is 1. The Balaban J connectivity index is 1.33. The Hall–Kier alpha value is 0.0300. The molecule has 0 amide bonds. The molecule has 1 heterocycles. The lowest BCUT2D eigenvalue weighted by Crippen LogP contribution is -2.57. The Kier molecular flexibility index (Phi) is 5.72. The van der Waals surface area contributed by atoms with Crippen LogP contribution in [0.2, 0.25) is 0 Å². The van der Waals surface area contributed by atoms with Crippen LogP contribution in [0.3, 0.4) is 0 Å². The summed E-state index contributed by atoms with van der Waals surface area (Å²) in [7, 11) is -0.816. The number of hydrogen-bond acceptors (Lipinski definition) is 4. The van der Waals surface area contributed by atoms with Gasteiger partial charge in [-0.3, -0.25) is 4.21 Å². The van der Waals surface area contributed by atoms with E-state index in [1.807, 2.05) is 0 Å².